The lowest BCUT2D eigenvalue weighted by Crippen LogP contribution is -2.27. The van der Waals surface area contributed by atoms with Crippen LogP contribution in [0.1, 0.15) is 60.5 Å². The fourth-order valence-electron chi connectivity index (χ4n) is 4.78. The number of nitrogens with one attached hydrogen (secondary N) is 3. The molecule has 2 aromatic carbocycles. The van der Waals surface area contributed by atoms with Gasteiger partial charge in [-0.1, -0.05) is 12.1 Å². The zero-order valence-electron chi connectivity index (χ0n) is 25.3. The van der Waals surface area contributed by atoms with Gasteiger partial charge in [-0.25, -0.2) is 4.79 Å². The van der Waals surface area contributed by atoms with E-state index in [2.05, 4.69) is 20.8 Å². The van der Waals surface area contributed by atoms with E-state index in [0.717, 1.165) is 22.3 Å². The summed E-state index contributed by atoms with van der Waals surface area (Å²) in [5.41, 5.74) is 4.36. The van der Waals surface area contributed by atoms with Gasteiger partial charge in [0.05, 0.1) is 26.4 Å². The van der Waals surface area contributed by atoms with Gasteiger partial charge in [0.15, 0.2) is 0 Å². The summed E-state index contributed by atoms with van der Waals surface area (Å²) in [4.78, 5) is 53.3. The predicted molar refractivity (Wildman–Crippen MR) is 162 cm³/mol. The van der Waals surface area contributed by atoms with Crippen LogP contribution < -0.4 is 21.8 Å². The Bertz CT molecular complexity index is 1270. The highest BCUT2D eigenvalue weighted by Gasteiger charge is 2.31. The van der Waals surface area contributed by atoms with Crippen LogP contribution in [-0.4, -0.2) is 83.2 Å². The minimum absolute atomic E-state index is 0.0878. The molecule has 1 aliphatic carbocycles. The van der Waals surface area contributed by atoms with E-state index in [-0.39, 0.29) is 37.2 Å². The average molecular weight is 615 g/mol. The summed E-state index contributed by atoms with van der Waals surface area (Å²) < 4.78 is 21.0. The van der Waals surface area contributed by atoms with Gasteiger partial charge in [-0.3, -0.25) is 14.4 Å². The molecule has 0 bridgehead atoms. The highest BCUT2D eigenvalue weighted by molar-refractivity contribution is 5.96. The summed E-state index contributed by atoms with van der Waals surface area (Å²) in [7, 11) is 0. The molecule has 3 amide bonds. The van der Waals surface area contributed by atoms with E-state index in [0.29, 0.717) is 70.4 Å². The van der Waals surface area contributed by atoms with E-state index >= 15 is 0 Å². The highest BCUT2D eigenvalue weighted by Crippen LogP contribution is 2.46. The number of hydrogen-bond acceptors (Lipinski definition) is 10. The number of carbonyl (C=O) groups is 4. The molecule has 0 radical (unpaired) electrons. The zero-order valence-corrected chi connectivity index (χ0v) is 25.3. The Labute approximate surface area is 257 Å². The molecule has 44 heavy (non-hydrogen) atoms. The topological polar surface area (TPSA) is 177 Å². The number of anilines is 1. The molecule has 1 unspecified atom stereocenters. The molecule has 13 heteroatoms. The number of nitrogens with two attached hydrogens (primary N) is 1. The Morgan fingerprint density at radius 1 is 0.773 bits per heavy atom. The largest absolute Gasteiger partial charge is 0.527 e. The van der Waals surface area contributed by atoms with Gasteiger partial charge in [-0.15, -0.1) is 0 Å². The van der Waals surface area contributed by atoms with E-state index in [9.17, 15) is 19.2 Å². The molecule has 0 saturated heterocycles. The molecular formula is C31H42N4O9. The Balaban J connectivity index is 1.58. The molecule has 0 saturated carbocycles. The standard InChI is InChI=1S/C31H42N4O9/c1-3-40-14-13-34-30(38)21-8-10-23-24-11-9-22(19-26(24)27(25(23)18-21)20-43-31(39)44-32)35-29(37)7-5-6-28(36)33-12-15-42-17-16-41-4-2/h8-11,18-19,27H,3-7,12-17,20,32H2,1-2H3,(H,33,36)(H,34,38)(H,35,37). The maximum atomic E-state index is 12.7. The molecule has 0 fully saturated rings. The Morgan fingerprint density at radius 2 is 1.41 bits per heavy atom. The summed E-state index contributed by atoms with van der Waals surface area (Å²) in [6.07, 6.45) is -0.282. The van der Waals surface area contributed by atoms with Crippen molar-refractivity contribution in [3.8, 4) is 11.1 Å². The van der Waals surface area contributed by atoms with Crippen molar-refractivity contribution in [2.24, 2.45) is 5.90 Å². The number of amides is 3. The summed E-state index contributed by atoms with van der Waals surface area (Å²) in [6, 6.07) is 10.8. The van der Waals surface area contributed by atoms with Crippen LogP contribution in [-0.2, 0) is 33.4 Å². The van der Waals surface area contributed by atoms with Gasteiger partial charge in [-0.05, 0) is 66.8 Å². The fourth-order valence-corrected chi connectivity index (χ4v) is 4.78. The second-order valence-corrected chi connectivity index (χ2v) is 9.85. The van der Waals surface area contributed by atoms with E-state index in [4.69, 9.17) is 24.8 Å². The lowest BCUT2D eigenvalue weighted by Gasteiger charge is -2.15. The molecule has 1 atom stereocenters. The van der Waals surface area contributed by atoms with Crippen LogP contribution in [0, 0.1) is 0 Å². The summed E-state index contributed by atoms with van der Waals surface area (Å²) in [5.74, 6) is 3.87. The van der Waals surface area contributed by atoms with Gasteiger partial charge in [0.25, 0.3) is 5.91 Å². The van der Waals surface area contributed by atoms with Crippen LogP contribution in [0.3, 0.4) is 0 Å². The third-order valence-corrected chi connectivity index (χ3v) is 6.84. The number of fused-ring (bicyclic) bond motifs is 3. The monoisotopic (exact) mass is 614 g/mol. The van der Waals surface area contributed by atoms with Crippen molar-refractivity contribution in [2.75, 3.05) is 64.7 Å². The Morgan fingerprint density at radius 3 is 2.16 bits per heavy atom. The van der Waals surface area contributed by atoms with Gasteiger partial charge >= 0.3 is 6.16 Å². The molecule has 0 heterocycles. The summed E-state index contributed by atoms with van der Waals surface area (Å²) in [5, 5.41) is 8.47. The molecular weight excluding hydrogens is 572 g/mol. The van der Waals surface area contributed by atoms with Crippen LogP contribution in [0.15, 0.2) is 36.4 Å². The molecule has 5 N–H and O–H groups in total. The second kappa shape index (κ2) is 18.6. The van der Waals surface area contributed by atoms with Crippen molar-refractivity contribution in [1.29, 1.82) is 0 Å². The van der Waals surface area contributed by atoms with Gasteiger partial charge in [0.2, 0.25) is 11.8 Å². The molecule has 0 aromatic heterocycles. The van der Waals surface area contributed by atoms with Gasteiger partial charge in [0, 0.05) is 56.3 Å². The average Bonchev–Trinajstić information content (AvgIpc) is 3.33. The molecule has 1 aliphatic rings. The van der Waals surface area contributed by atoms with Crippen LogP contribution >= 0.6 is 0 Å². The smallest absolute Gasteiger partial charge is 0.432 e. The Hall–Kier alpha value is -4.04. The third kappa shape index (κ3) is 10.6. The third-order valence-electron chi connectivity index (χ3n) is 6.84. The van der Waals surface area contributed by atoms with E-state index < -0.39 is 12.1 Å². The van der Waals surface area contributed by atoms with Crippen molar-refractivity contribution in [2.45, 2.75) is 39.0 Å². The predicted octanol–water partition coefficient (Wildman–Crippen LogP) is 2.87. The van der Waals surface area contributed by atoms with Crippen molar-refractivity contribution >= 4 is 29.6 Å². The lowest BCUT2D eigenvalue weighted by molar-refractivity contribution is -0.121. The number of benzene rings is 2. The van der Waals surface area contributed by atoms with Crippen LogP contribution in [0.5, 0.6) is 0 Å². The van der Waals surface area contributed by atoms with Crippen molar-refractivity contribution in [3.05, 3.63) is 53.1 Å². The molecule has 3 rings (SSSR count). The van der Waals surface area contributed by atoms with Gasteiger partial charge in [0.1, 0.15) is 6.61 Å². The first-order chi connectivity index (χ1) is 21.4. The van der Waals surface area contributed by atoms with Gasteiger partial charge in [-0.2, -0.15) is 5.90 Å². The minimum atomic E-state index is -1.03. The molecule has 0 aliphatic heterocycles. The molecule has 13 nitrogen and oxygen atoms in total. The van der Waals surface area contributed by atoms with Gasteiger partial charge < -0.3 is 39.7 Å². The van der Waals surface area contributed by atoms with Crippen LogP contribution in [0.4, 0.5) is 10.5 Å². The Kier molecular flexibility index (Phi) is 14.6. The maximum absolute atomic E-state index is 12.7. The van der Waals surface area contributed by atoms with Crippen molar-refractivity contribution < 1.29 is 43.0 Å². The number of ether oxygens (including phenoxy) is 4. The minimum Gasteiger partial charge on any atom is -0.432 e. The normalized spacial score (nSPS) is 13.0. The SMILES string of the molecule is CCOCCNC(=O)c1ccc2c(c1)C(COC(=O)ON)c1cc(NC(=O)CCCC(=O)NCCOCCOCC)ccc1-2. The first-order valence-corrected chi connectivity index (χ1v) is 14.8. The lowest BCUT2D eigenvalue weighted by atomic mass is 9.96. The second-order valence-electron chi connectivity index (χ2n) is 9.85. The number of hydrogen-bond donors (Lipinski definition) is 4. The van der Waals surface area contributed by atoms with Crippen molar-refractivity contribution in [1.82, 2.24) is 10.6 Å². The van der Waals surface area contributed by atoms with E-state index in [1.165, 1.54) is 0 Å². The van der Waals surface area contributed by atoms with E-state index in [1.807, 2.05) is 32.0 Å². The quantitative estimate of drug-likeness (QED) is 0.105. The first-order valence-electron chi connectivity index (χ1n) is 14.8. The zero-order chi connectivity index (χ0) is 31.7. The fraction of sp³-hybridized carbons (Fsp3) is 0.484. The molecule has 2 aromatic rings. The molecule has 0 spiro atoms. The van der Waals surface area contributed by atoms with E-state index in [1.54, 1.807) is 18.2 Å². The molecule has 240 valence electrons. The van der Waals surface area contributed by atoms with Crippen molar-refractivity contribution in [3.63, 3.8) is 0 Å². The number of rotatable bonds is 19. The van der Waals surface area contributed by atoms with Crippen LogP contribution in [0.2, 0.25) is 0 Å². The highest BCUT2D eigenvalue weighted by atomic mass is 16.8. The van der Waals surface area contributed by atoms with Crippen LogP contribution in [0.25, 0.3) is 11.1 Å². The summed E-state index contributed by atoms with van der Waals surface area (Å²) in [6.45, 7) is 7.45. The number of carbonyl (C=O) groups excluding carboxylic acids is 4. The first kappa shape index (κ1) is 34.5. The summed E-state index contributed by atoms with van der Waals surface area (Å²) >= 11 is 0. The maximum Gasteiger partial charge on any atom is 0.527 e.